The number of carbonyl (C=O) groups is 6. The van der Waals surface area contributed by atoms with Crippen LogP contribution in [0.25, 0.3) is 0 Å². The largest absolute Gasteiger partial charge is 0.465 e. The first-order chi connectivity index (χ1) is 21.6. The summed E-state index contributed by atoms with van der Waals surface area (Å²) >= 11 is 0. The fraction of sp³-hybridized carbons (Fsp3) is 0.829. The van der Waals surface area contributed by atoms with Gasteiger partial charge in [0.25, 0.3) is 0 Å². The number of ketones is 1. The lowest BCUT2D eigenvalue weighted by atomic mass is 9.55. The van der Waals surface area contributed by atoms with Crippen LogP contribution in [0.4, 0.5) is 0 Å². The standard InChI is InChI=1S/C35H52O12/c1-12-23(38)45-26-18(6)14-35(42)25(26)28(46-30(40)17(4)5)34(15-43-29(39)16(2)3)22(44-19(7)36)13-21-24(32(21,9)10)27(34)33(11,31(35)41)47-20(8)37/h16-18,21-22,24-28,42H,12-15H2,1-11H3/t18-,21-,22+,24-,25+,26-,27-,28+,33-,34+,35+/m0/s1. The quantitative estimate of drug-likeness (QED) is 0.281. The van der Waals surface area contributed by atoms with E-state index < -0.39 is 112 Å². The number of esters is 5. The van der Waals surface area contributed by atoms with Crippen molar-refractivity contribution in [2.75, 3.05) is 6.61 Å². The summed E-state index contributed by atoms with van der Waals surface area (Å²) in [5, 5.41) is 12.7. The van der Waals surface area contributed by atoms with E-state index in [1.54, 1.807) is 41.5 Å². The fourth-order valence-electron chi connectivity index (χ4n) is 9.30. The molecule has 11 atom stereocenters. The Morgan fingerprint density at radius 2 is 1.49 bits per heavy atom. The Balaban J connectivity index is 2.17. The molecule has 0 saturated heterocycles. The van der Waals surface area contributed by atoms with Crippen molar-refractivity contribution >= 4 is 35.6 Å². The van der Waals surface area contributed by atoms with Crippen LogP contribution in [0.2, 0.25) is 0 Å². The number of fused-ring (bicyclic) bond motifs is 4. The number of aliphatic hydroxyl groups is 1. The average Bonchev–Trinajstić information content (AvgIpc) is 3.40. The average molecular weight is 665 g/mol. The van der Waals surface area contributed by atoms with Crippen LogP contribution >= 0.6 is 0 Å². The third-order valence-corrected chi connectivity index (χ3v) is 11.4. The van der Waals surface area contributed by atoms with Crippen LogP contribution in [0.15, 0.2) is 0 Å². The van der Waals surface area contributed by atoms with E-state index >= 15 is 4.79 Å². The summed E-state index contributed by atoms with van der Waals surface area (Å²) in [6.45, 7) is 17.2. The lowest BCUT2D eigenvalue weighted by Gasteiger charge is -2.55. The highest BCUT2D eigenvalue weighted by Gasteiger charge is 2.84. The maximum atomic E-state index is 15.1. The molecule has 4 rings (SSSR count). The second kappa shape index (κ2) is 12.5. The van der Waals surface area contributed by atoms with Gasteiger partial charge in [0.1, 0.15) is 30.5 Å². The number of Topliss-reactive ketones (excluding diaryl/α,β-unsaturated/α-hetero) is 1. The second-order valence-electron chi connectivity index (χ2n) is 15.6. The highest BCUT2D eigenvalue weighted by Crippen LogP contribution is 2.76. The van der Waals surface area contributed by atoms with Gasteiger partial charge >= 0.3 is 29.8 Å². The Bertz CT molecular complexity index is 1320. The summed E-state index contributed by atoms with van der Waals surface area (Å²) in [6.07, 6.45) is -3.70. The molecule has 0 radical (unpaired) electrons. The van der Waals surface area contributed by atoms with Gasteiger partial charge in [0.05, 0.1) is 23.2 Å². The minimum Gasteiger partial charge on any atom is -0.465 e. The van der Waals surface area contributed by atoms with E-state index in [1.165, 1.54) is 13.8 Å². The summed E-state index contributed by atoms with van der Waals surface area (Å²) in [5.74, 6) is -9.00. The van der Waals surface area contributed by atoms with Gasteiger partial charge in [-0.3, -0.25) is 28.8 Å². The minimum atomic E-state index is -2.33. The number of ether oxygens (including phenoxy) is 5. The van der Waals surface area contributed by atoms with Crippen molar-refractivity contribution in [1.29, 1.82) is 0 Å². The van der Waals surface area contributed by atoms with E-state index in [0.29, 0.717) is 0 Å². The molecule has 0 unspecified atom stereocenters. The Labute approximate surface area is 276 Å². The molecule has 12 heteroatoms. The second-order valence-corrected chi connectivity index (χ2v) is 15.6. The van der Waals surface area contributed by atoms with E-state index in [0.717, 1.165) is 6.92 Å². The van der Waals surface area contributed by atoms with Crippen molar-refractivity contribution in [1.82, 2.24) is 0 Å². The van der Waals surface area contributed by atoms with Gasteiger partial charge in [0.2, 0.25) is 5.78 Å². The molecule has 47 heavy (non-hydrogen) atoms. The van der Waals surface area contributed by atoms with Crippen molar-refractivity contribution in [3.8, 4) is 0 Å². The molecule has 0 aromatic heterocycles. The van der Waals surface area contributed by atoms with E-state index in [2.05, 4.69) is 0 Å². The molecular weight excluding hydrogens is 612 g/mol. The van der Waals surface area contributed by atoms with Crippen LogP contribution in [0.3, 0.4) is 0 Å². The monoisotopic (exact) mass is 664 g/mol. The number of hydrogen-bond donors (Lipinski definition) is 1. The maximum absolute atomic E-state index is 15.1. The molecule has 4 aliphatic carbocycles. The van der Waals surface area contributed by atoms with Gasteiger partial charge in [-0.05, 0) is 42.9 Å². The molecule has 0 amide bonds. The van der Waals surface area contributed by atoms with Gasteiger partial charge < -0.3 is 28.8 Å². The zero-order valence-corrected chi connectivity index (χ0v) is 29.5. The predicted molar refractivity (Wildman–Crippen MR) is 165 cm³/mol. The Morgan fingerprint density at radius 1 is 0.894 bits per heavy atom. The highest BCUT2D eigenvalue weighted by atomic mass is 16.6. The third kappa shape index (κ3) is 5.86. The van der Waals surface area contributed by atoms with Crippen LogP contribution in [-0.2, 0) is 52.5 Å². The van der Waals surface area contributed by atoms with Crippen molar-refractivity contribution in [3.63, 3.8) is 0 Å². The smallest absolute Gasteiger partial charge is 0.308 e. The first-order valence-electron chi connectivity index (χ1n) is 16.8. The molecule has 0 spiro atoms. The highest BCUT2D eigenvalue weighted by molar-refractivity contribution is 5.98. The van der Waals surface area contributed by atoms with Gasteiger partial charge in [-0.2, -0.15) is 0 Å². The first kappa shape index (κ1) is 36.8. The molecule has 0 aromatic rings. The SMILES string of the molecule is CCC(=O)O[C@@H]1[C@@H]2[C@@H](OC(=O)C(C)C)[C@@]3(COC(=O)C(C)C)[C@@H]([C@@H]4[C@H](C[C@H]3OC(C)=O)C4(C)C)[C@](C)(OC(C)=O)C(=O)[C@@]2(O)C[C@@H]1C. The Morgan fingerprint density at radius 3 is 2.00 bits per heavy atom. The topological polar surface area (TPSA) is 169 Å². The van der Waals surface area contributed by atoms with Gasteiger partial charge in [0.15, 0.2) is 5.60 Å². The molecule has 0 aliphatic heterocycles. The van der Waals surface area contributed by atoms with Crippen LogP contribution in [0.1, 0.15) is 95.4 Å². The number of rotatable bonds is 9. The summed E-state index contributed by atoms with van der Waals surface area (Å²) in [5.41, 5.74) is -6.61. The molecule has 4 saturated carbocycles. The number of hydrogen-bond acceptors (Lipinski definition) is 12. The Kier molecular flexibility index (Phi) is 9.76. The molecule has 4 aliphatic rings. The van der Waals surface area contributed by atoms with Gasteiger partial charge in [0, 0.05) is 26.2 Å². The van der Waals surface area contributed by atoms with Crippen LogP contribution in [0, 0.1) is 52.3 Å². The van der Waals surface area contributed by atoms with Crippen LogP contribution < -0.4 is 0 Å². The molecule has 0 aromatic carbocycles. The minimum absolute atomic E-state index is 0.00227. The maximum Gasteiger partial charge on any atom is 0.308 e. The van der Waals surface area contributed by atoms with Crippen molar-refractivity contribution in [2.24, 2.45) is 52.3 Å². The first-order valence-corrected chi connectivity index (χ1v) is 16.8. The lowest BCUT2D eigenvalue weighted by Crippen LogP contribution is -2.66. The molecule has 0 heterocycles. The zero-order chi connectivity index (χ0) is 35.6. The third-order valence-electron chi connectivity index (χ3n) is 11.4. The Hall–Kier alpha value is -3.02. The van der Waals surface area contributed by atoms with Crippen LogP contribution in [0.5, 0.6) is 0 Å². The summed E-state index contributed by atoms with van der Waals surface area (Å²) < 4.78 is 30.5. The van der Waals surface area contributed by atoms with Gasteiger partial charge in [-0.1, -0.05) is 55.4 Å². The van der Waals surface area contributed by atoms with Crippen molar-refractivity contribution in [3.05, 3.63) is 0 Å². The van der Waals surface area contributed by atoms with Gasteiger partial charge in [-0.25, -0.2) is 0 Å². The summed E-state index contributed by atoms with van der Waals surface area (Å²) in [7, 11) is 0. The van der Waals surface area contributed by atoms with Crippen molar-refractivity contribution in [2.45, 2.75) is 125 Å². The van der Waals surface area contributed by atoms with E-state index in [9.17, 15) is 29.1 Å². The summed E-state index contributed by atoms with van der Waals surface area (Å²) in [6, 6.07) is 0. The molecule has 1 N–H and O–H groups in total. The molecular formula is C35H52O12. The predicted octanol–water partition coefficient (Wildman–Crippen LogP) is 3.58. The van der Waals surface area contributed by atoms with Crippen molar-refractivity contribution < 1.29 is 57.6 Å². The molecule has 264 valence electrons. The summed E-state index contributed by atoms with van der Waals surface area (Å²) in [4.78, 5) is 80.7. The van der Waals surface area contributed by atoms with Crippen LogP contribution in [-0.4, -0.2) is 76.9 Å². The van der Waals surface area contributed by atoms with E-state index in [-0.39, 0.29) is 31.1 Å². The van der Waals surface area contributed by atoms with E-state index in [4.69, 9.17) is 23.7 Å². The molecule has 12 nitrogen and oxygen atoms in total. The lowest BCUT2D eigenvalue weighted by molar-refractivity contribution is -0.241. The molecule has 0 bridgehead atoms. The normalized spacial score (nSPS) is 39.9. The zero-order valence-electron chi connectivity index (χ0n) is 29.5. The number of carbonyl (C=O) groups excluding carboxylic acids is 6. The van der Waals surface area contributed by atoms with Gasteiger partial charge in [-0.15, -0.1) is 0 Å². The fourth-order valence-corrected chi connectivity index (χ4v) is 9.30. The van der Waals surface area contributed by atoms with E-state index in [1.807, 2.05) is 13.8 Å². The molecule has 4 fully saturated rings.